The molecule has 0 radical (unpaired) electrons. The van der Waals surface area contributed by atoms with Gasteiger partial charge in [-0.1, -0.05) is 0 Å². The molecule has 1 unspecified atom stereocenters. The number of aldehydes is 1. The molecular formula is C7H13NO3. The molecule has 1 aliphatic heterocycles. The Morgan fingerprint density at radius 3 is 2.36 bits per heavy atom. The maximum absolute atomic E-state index is 10.8. The fourth-order valence-corrected chi connectivity index (χ4v) is 0.864. The SMILES string of the molecule is CC1(C=O)CCNC1=O.CO. The molecule has 0 aliphatic carbocycles. The molecule has 1 heterocycles. The summed E-state index contributed by atoms with van der Waals surface area (Å²) in [5, 5.41) is 9.59. The van der Waals surface area contributed by atoms with Crippen LogP contribution in [0.1, 0.15) is 13.3 Å². The average molecular weight is 159 g/mol. The third-order valence-corrected chi connectivity index (χ3v) is 1.71. The van der Waals surface area contributed by atoms with Crippen LogP contribution >= 0.6 is 0 Å². The third kappa shape index (κ3) is 2.01. The van der Waals surface area contributed by atoms with Crippen molar-refractivity contribution >= 4 is 12.2 Å². The summed E-state index contributed by atoms with van der Waals surface area (Å²) in [6.45, 7) is 2.29. The molecular weight excluding hydrogens is 146 g/mol. The van der Waals surface area contributed by atoms with Gasteiger partial charge in [0.05, 0.1) is 0 Å². The van der Waals surface area contributed by atoms with E-state index < -0.39 is 5.41 Å². The first-order chi connectivity index (χ1) is 5.19. The van der Waals surface area contributed by atoms with E-state index in [9.17, 15) is 9.59 Å². The van der Waals surface area contributed by atoms with Gasteiger partial charge in [0.1, 0.15) is 11.7 Å². The molecule has 0 bridgehead atoms. The summed E-state index contributed by atoms with van der Waals surface area (Å²) in [5.41, 5.74) is -0.736. The van der Waals surface area contributed by atoms with Crippen LogP contribution in [0, 0.1) is 5.41 Å². The lowest BCUT2D eigenvalue weighted by Crippen LogP contribution is -2.29. The second kappa shape index (κ2) is 4.08. The largest absolute Gasteiger partial charge is 0.400 e. The number of amides is 1. The molecule has 4 nitrogen and oxygen atoms in total. The lowest BCUT2D eigenvalue weighted by molar-refractivity contribution is -0.132. The fourth-order valence-electron chi connectivity index (χ4n) is 0.864. The second-order valence-electron chi connectivity index (χ2n) is 2.54. The number of aliphatic hydroxyl groups excluding tert-OH is 1. The van der Waals surface area contributed by atoms with Crippen LogP contribution in [-0.2, 0) is 9.59 Å². The number of hydrogen-bond donors (Lipinski definition) is 2. The Balaban J connectivity index is 0.000000461. The van der Waals surface area contributed by atoms with E-state index in [1.54, 1.807) is 6.92 Å². The summed E-state index contributed by atoms with van der Waals surface area (Å²) in [4.78, 5) is 21.1. The zero-order valence-electron chi connectivity index (χ0n) is 6.76. The highest BCUT2D eigenvalue weighted by molar-refractivity contribution is 5.97. The number of nitrogens with one attached hydrogen (secondary N) is 1. The Kier molecular flexibility index (Phi) is 3.74. The van der Waals surface area contributed by atoms with Gasteiger partial charge < -0.3 is 15.2 Å². The summed E-state index contributed by atoms with van der Waals surface area (Å²) < 4.78 is 0. The monoisotopic (exact) mass is 159 g/mol. The lowest BCUT2D eigenvalue weighted by Gasteiger charge is -2.08. The van der Waals surface area contributed by atoms with E-state index in [0.717, 1.165) is 13.4 Å². The first-order valence-electron chi connectivity index (χ1n) is 3.38. The Bertz CT molecular complexity index is 158. The van der Waals surface area contributed by atoms with Gasteiger partial charge in [0.25, 0.3) is 0 Å². The molecule has 1 fully saturated rings. The number of hydrogen-bond acceptors (Lipinski definition) is 3. The van der Waals surface area contributed by atoms with Gasteiger partial charge in [-0.25, -0.2) is 0 Å². The Morgan fingerprint density at radius 2 is 2.18 bits per heavy atom. The van der Waals surface area contributed by atoms with Gasteiger partial charge in [0, 0.05) is 13.7 Å². The summed E-state index contributed by atoms with van der Waals surface area (Å²) in [6, 6.07) is 0. The number of rotatable bonds is 1. The molecule has 0 spiro atoms. The Hall–Kier alpha value is -0.900. The summed E-state index contributed by atoms with van der Waals surface area (Å²) in [5.74, 6) is -0.141. The van der Waals surface area contributed by atoms with Crippen LogP contribution < -0.4 is 5.32 Å². The summed E-state index contributed by atoms with van der Waals surface area (Å²) >= 11 is 0. The molecule has 0 aromatic heterocycles. The predicted molar refractivity (Wildman–Crippen MR) is 39.9 cm³/mol. The lowest BCUT2D eigenvalue weighted by atomic mass is 9.91. The third-order valence-electron chi connectivity index (χ3n) is 1.71. The van der Waals surface area contributed by atoms with Crippen molar-refractivity contribution in [1.82, 2.24) is 5.32 Å². The first-order valence-corrected chi connectivity index (χ1v) is 3.38. The molecule has 1 saturated heterocycles. The number of carbonyl (C=O) groups is 2. The van der Waals surface area contributed by atoms with Crippen LogP contribution in [0.5, 0.6) is 0 Å². The van der Waals surface area contributed by atoms with E-state index in [0.29, 0.717) is 13.0 Å². The molecule has 0 aromatic rings. The van der Waals surface area contributed by atoms with E-state index >= 15 is 0 Å². The topological polar surface area (TPSA) is 66.4 Å². The van der Waals surface area contributed by atoms with E-state index in [2.05, 4.69) is 5.32 Å². The van der Waals surface area contributed by atoms with Gasteiger partial charge in [0.2, 0.25) is 5.91 Å². The van der Waals surface area contributed by atoms with Crippen LogP contribution in [0.25, 0.3) is 0 Å². The van der Waals surface area contributed by atoms with Crippen LogP contribution in [0.4, 0.5) is 0 Å². The average Bonchev–Trinajstić information content (AvgIpc) is 2.38. The smallest absolute Gasteiger partial charge is 0.233 e. The maximum Gasteiger partial charge on any atom is 0.233 e. The molecule has 1 atom stereocenters. The molecule has 0 saturated carbocycles. The normalized spacial score (nSPS) is 28.5. The van der Waals surface area contributed by atoms with Crippen molar-refractivity contribution < 1.29 is 14.7 Å². The highest BCUT2D eigenvalue weighted by Gasteiger charge is 2.36. The Labute approximate surface area is 65.6 Å². The fraction of sp³-hybridized carbons (Fsp3) is 0.714. The molecule has 2 N–H and O–H groups in total. The van der Waals surface area contributed by atoms with Crippen LogP contribution in [0.15, 0.2) is 0 Å². The van der Waals surface area contributed by atoms with Crippen molar-refractivity contribution in [3.05, 3.63) is 0 Å². The molecule has 0 aromatic carbocycles. The van der Waals surface area contributed by atoms with Crippen molar-refractivity contribution in [3.63, 3.8) is 0 Å². The zero-order chi connectivity index (χ0) is 8.91. The standard InChI is InChI=1S/C6H9NO2.CH4O/c1-6(4-8)2-3-7-5(6)9;1-2/h4H,2-3H2,1H3,(H,7,9);2H,1H3. The van der Waals surface area contributed by atoms with Crippen molar-refractivity contribution in [3.8, 4) is 0 Å². The Morgan fingerprint density at radius 1 is 1.64 bits per heavy atom. The number of aliphatic hydroxyl groups is 1. The maximum atomic E-state index is 10.8. The molecule has 11 heavy (non-hydrogen) atoms. The van der Waals surface area contributed by atoms with Gasteiger partial charge >= 0.3 is 0 Å². The van der Waals surface area contributed by atoms with Crippen LogP contribution in [0.3, 0.4) is 0 Å². The van der Waals surface area contributed by atoms with Gasteiger partial charge in [-0.3, -0.25) is 4.79 Å². The van der Waals surface area contributed by atoms with E-state index in [1.807, 2.05) is 0 Å². The van der Waals surface area contributed by atoms with Gasteiger partial charge in [-0.15, -0.1) is 0 Å². The van der Waals surface area contributed by atoms with Crippen molar-refractivity contribution in [2.45, 2.75) is 13.3 Å². The highest BCUT2D eigenvalue weighted by Crippen LogP contribution is 2.21. The predicted octanol–water partition coefficient (Wildman–Crippen LogP) is -0.680. The number of carbonyl (C=O) groups excluding carboxylic acids is 2. The van der Waals surface area contributed by atoms with E-state index in [1.165, 1.54) is 0 Å². The van der Waals surface area contributed by atoms with Crippen LogP contribution in [0.2, 0.25) is 0 Å². The summed E-state index contributed by atoms with van der Waals surface area (Å²) in [7, 11) is 1.00. The minimum absolute atomic E-state index is 0.141. The molecule has 1 amide bonds. The minimum Gasteiger partial charge on any atom is -0.400 e. The highest BCUT2D eigenvalue weighted by atomic mass is 16.2. The molecule has 1 rings (SSSR count). The van der Waals surface area contributed by atoms with Gasteiger partial charge in [0.15, 0.2) is 0 Å². The quantitative estimate of drug-likeness (QED) is 0.393. The molecule has 64 valence electrons. The van der Waals surface area contributed by atoms with Gasteiger partial charge in [-0.05, 0) is 13.3 Å². The zero-order valence-corrected chi connectivity index (χ0v) is 6.76. The van der Waals surface area contributed by atoms with Crippen LogP contribution in [-0.4, -0.2) is 31.0 Å². The minimum atomic E-state index is -0.736. The van der Waals surface area contributed by atoms with Crippen molar-refractivity contribution in [2.75, 3.05) is 13.7 Å². The first kappa shape index (κ1) is 10.1. The second-order valence-corrected chi connectivity index (χ2v) is 2.54. The summed E-state index contributed by atoms with van der Waals surface area (Å²) in [6.07, 6.45) is 1.35. The molecule has 4 heteroatoms. The van der Waals surface area contributed by atoms with Crippen molar-refractivity contribution in [1.29, 1.82) is 0 Å². The van der Waals surface area contributed by atoms with Crippen molar-refractivity contribution in [2.24, 2.45) is 5.41 Å². The van der Waals surface area contributed by atoms with E-state index in [-0.39, 0.29) is 5.91 Å². The van der Waals surface area contributed by atoms with E-state index in [4.69, 9.17) is 5.11 Å². The molecule has 1 aliphatic rings. The van der Waals surface area contributed by atoms with Gasteiger partial charge in [-0.2, -0.15) is 0 Å².